The van der Waals surface area contributed by atoms with Crippen molar-refractivity contribution in [3.05, 3.63) is 102 Å². The van der Waals surface area contributed by atoms with Gasteiger partial charge in [-0.05, 0) is 45.9 Å². The average molecular weight is 524 g/mol. The summed E-state index contributed by atoms with van der Waals surface area (Å²) < 4.78 is 0. The molecule has 194 valence electrons. The number of aromatic nitrogens is 9. The van der Waals surface area contributed by atoms with E-state index in [0.717, 1.165) is 27.8 Å². The van der Waals surface area contributed by atoms with Gasteiger partial charge in [-0.15, -0.1) is 0 Å². The Bertz CT molecular complexity index is 1670. The monoisotopic (exact) mass is 523 g/mol. The maximum Gasteiger partial charge on any atom is 0.164 e. The van der Waals surface area contributed by atoms with E-state index in [0.29, 0.717) is 52.4 Å². The lowest BCUT2D eigenvalue weighted by molar-refractivity contribution is 0.925. The summed E-state index contributed by atoms with van der Waals surface area (Å²) in [5, 5.41) is 0. The summed E-state index contributed by atoms with van der Waals surface area (Å²) in [5.41, 5.74) is 4.11. The van der Waals surface area contributed by atoms with Gasteiger partial charge in [0.2, 0.25) is 0 Å². The van der Waals surface area contributed by atoms with E-state index < -0.39 is 0 Å². The largest absolute Gasteiger partial charge is 0.219 e. The molecule has 9 nitrogen and oxygen atoms in total. The van der Waals surface area contributed by atoms with Crippen LogP contribution in [0.5, 0.6) is 0 Å². The van der Waals surface area contributed by atoms with Crippen LogP contribution < -0.4 is 0 Å². The molecule has 0 spiro atoms. The molecule has 0 amide bonds. The molecule has 3 aromatic heterocycles. The van der Waals surface area contributed by atoms with Gasteiger partial charge < -0.3 is 0 Å². The lowest BCUT2D eigenvalue weighted by Crippen LogP contribution is -2.03. The molecule has 3 heterocycles. The van der Waals surface area contributed by atoms with Crippen molar-refractivity contribution in [3.8, 4) is 56.9 Å². The molecule has 0 bridgehead atoms. The average Bonchev–Trinajstić information content (AvgIpc) is 2.96. The summed E-state index contributed by atoms with van der Waals surface area (Å²) in [6, 6.07) is 25.7. The van der Waals surface area contributed by atoms with Crippen LogP contribution in [0.15, 0.2) is 78.9 Å². The van der Waals surface area contributed by atoms with Gasteiger partial charge >= 0.3 is 0 Å². The van der Waals surface area contributed by atoms with Gasteiger partial charge in [0, 0.05) is 27.8 Å². The molecular formula is C31H25N9. The van der Waals surface area contributed by atoms with Gasteiger partial charge in [0.1, 0.15) is 23.3 Å². The molecule has 6 aromatic rings. The summed E-state index contributed by atoms with van der Waals surface area (Å²) in [7, 11) is 0. The molecule has 9 heteroatoms. The molecule has 0 fully saturated rings. The van der Waals surface area contributed by atoms with Crippen LogP contribution in [0.4, 0.5) is 0 Å². The zero-order chi connectivity index (χ0) is 27.6. The van der Waals surface area contributed by atoms with E-state index in [-0.39, 0.29) is 0 Å². The molecule has 0 aliphatic heterocycles. The zero-order valence-corrected chi connectivity index (χ0v) is 22.5. The Morgan fingerprint density at radius 1 is 0.300 bits per heavy atom. The first-order valence-corrected chi connectivity index (χ1v) is 12.8. The Morgan fingerprint density at radius 3 is 0.900 bits per heavy atom. The van der Waals surface area contributed by atoms with E-state index >= 15 is 0 Å². The van der Waals surface area contributed by atoms with Gasteiger partial charge in [-0.2, -0.15) is 0 Å². The molecule has 0 N–H and O–H groups in total. The molecule has 0 unspecified atom stereocenters. The van der Waals surface area contributed by atoms with Crippen LogP contribution in [-0.4, -0.2) is 44.9 Å². The van der Waals surface area contributed by atoms with Crippen LogP contribution in [0, 0.1) is 27.7 Å². The quantitative estimate of drug-likeness (QED) is 0.276. The predicted octanol–water partition coefficient (Wildman–Crippen LogP) is 5.81. The van der Waals surface area contributed by atoms with E-state index in [1.165, 1.54) is 0 Å². The summed E-state index contributed by atoms with van der Waals surface area (Å²) in [4.78, 5) is 41.8. The van der Waals surface area contributed by atoms with Gasteiger partial charge in [0.25, 0.3) is 0 Å². The molecule has 0 atom stereocenters. The van der Waals surface area contributed by atoms with Crippen LogP contribution in [0.1, 0.15) is 23.3 Å². The Balaban J connectivity index is 1.61. The van der Waals surface area contributed by atoms with Gasteiger partial charge in [0.15, 0.2) is 29.1 Å². The lowest BCUT2D eigenvalue weighted by Gasteiger charge is -2.12. The van der Waals surface area contributed by atoms with E-state index in [9.17, 15) is 0 Å². The highest BCUT2D eigenvalue weighted by molar-refractivity contribution is 5.76. The number of hydrogen-bond donors (Lipinski definition) is 0. The van der Waals surface area contributed by atoms with Crippen molar-refractivity contribution >= 4 is 0 Å². The summed E-state index contributed by atoms with van der Waals surface area (Å²) >= 11 is 0. The maximum atomic E-state index is 4.91. The third-order valence-corrected chi connectivity index (χ3v) is 6.13. The van der Waals surface area contributed by atoms with Gasteiger partial charge in [0.05, 0.1) is 0 Å². The normalized spacial score (nSPS) is 11.0. The van der Waals surface area contributed by atoms with Crippen molar-refractivity contribution in [3.63, 3.8) is 0 Å². The van der Waals surface area contributed by atoms with Crippen molar-refractivity contribution < 1.29 is 0 Å². The molecule has 0 aliphatic rings. The SMILES string of the molecule is Cc1nc(C)nc(-c2cc(-c3nc(C)nc(C)n3)cc(-c3nc(-c4ccccc4)nc(-c4ccccc4)n3)c2)n1. The maximum absolute atomic E-state index is 4.91. The van der Waals surface area contributed by atoms with Crippen molar-refractivity contribution in [2.45, 2.75) is 27.7 Å². The fourth-order valence-corrected chi connectivity index (χ4v) is 4.44. The topological polar surface area (TPSA) is 116 Å². The second-order valence-electron chi connectivity index (χ2n) is 9.34. The number of nitrogens with zero attached hydrogens (tertiary/aromatic N) is 9. The Hall–Kier alpha value is -5.31. The smallest absolute Gasteiger partial charge is 0.164 e. The molecule has 6 rings (SSSR count). The Kier molecular flexibility index (Phi) is 6.53. The molecule has 0 saturated carbocycles. The van der Waals surface area contributed by atoms with Crippen molar-refractivity contribution in [2.24, 2.45) is 0 Å². The second kappa shape index (κ2) is 10.5. The molecule has 0 saturated heterocycles. The van der Waals surface area contributed by atoms with Crippen molar-refractivity contribution in [2.75, 3.05) is 0 Å². The highest BCUT2D eigenvalue weighted by Crippen LogP contribution is 2.31. The second-order valence-corrected chi connectivity index (χ2v) is 9.34. The minimum Gasteiger partial charge on any atom is -0.219 e. The Morgan fingerprint density at radius 2 is 0.575 bits per heavy atom. The van der Waals surface area contributed by atoms with E-state index in [1.54, 1.807) is 0 Å². The minimum atomic E-state index is 0.515. The fourth-order valence-electron chi connectivity index (χ4n) is 4.44. The van der Waals surface area contributed by atoms with Crippen molar-refractivity contribution in [1.29, 1.82) is 0 Å². The van der Waals surface area contributed by atoms with Gasteiger partial charge in [-0.1, -0.05) is 60.7 Å². The summed E-state index contributed by atoms with van der Waals surface area (Å²) in [6.07, 6.45) is 0. The lowest BCUT2D eigenvalue weighted by atomic mass is 10.0. The first-order chi connectivity index (χ1) is 19.4. The van der Waals surface area contributed by atoms with Crippen LogP contribution >= 0.6 is 0 Å². The molecule has 3 aromatic carbocycles. The number of aryl methyl sites for hydroxylation is 4. The highest BCUT2D eigenvalue weighted by atomic mass is 15.0. The van der Waals surface area contributed by atoms with Crippen LogP contribution in [-0.2, 0) is 0 Å². The van der Waals surface area contributed by atoms with Gasteiger partial charge in [-0.25, -0.2) is 44.9 Å². The van der Waals surface area contributed by atoms with Crippen LogP contribution in [0.3, 0.4) is 0 Å². The predicted molar refractivity (Wildman–Crippen MR) is 153 cm³/mol. The summed E-state index contributed by atoms with van der Waals surface area (Å²) in [6.45, 7) is 7.41. The molecular weight excluding hydrogens is 498 g/mol. The van der Waals surface area contributed by atoms with E-state index in [1.807, 2.05) is 107 Å². The first-order valence-electron chi connectivity index (χ1n) is 12.8. The number of benzene rings is 3. The number of hydrogen-bond acceptors (Lipinski definition) is 9. The van der Waals surface area contributed by atoms with Crippen molar-refractivity contribution in [1.82, 2.24) is 44.9 Å². The zero-order valence-electron chi connectivity index (χ0n) is 22.5. The van der Waals surface area contributed by atoms with Crippen LogP contribution in [0.2, 0.25) is 0 Å². The molecule has 0 radical (unpaired) electrons. The third-order valence-electron chi connectivity index (χ3n) is 6.13. The van der Waals surface area contributed by atoms with Gasteiger partial charge in [-0.3, -0.25) is 0 Å². The highest BCUT2D eigenvalue weighted by Gasteiger charge is 2.17. The van der Waals surface area contributed by atoms with E-state index in [2.05, 4.69) is 29.9 Å². The van der Waals surface area contributed by atoms with E-state index in [4.69, 9.17) is 15.0 Å². The Labute approximate surface area is 231 Å². The van der Waals surface area contributed by atoms with Crippen LogP contribution in [0.25, 0.3) is 56.9 Å². The molecule has 0 aliphatic carbocycles. The molecule has 40 heavy (non-hydrogen) atoms. The fraction of sp³-hybridized carbons (Fsp3) is 0.129. The number of rotatable bonds is 5. The minimum absolute atomic E-state index is 0.515. The first kappa shape index (κ1) is 25.0. The standard InChI is InChI=1S/C31H25N9/c1-18-32-19(2)35-29(34-18)24-15-25(30-36-20(3)33-21(4)37-30)17-26(16-24)31-39-27(22-11-7-5-8-12-22)38-28(40-31)23-13-9-6-10-14-23/h5-17H,1-4H3. The third kappa shape index (κ3) is 5.30. The summed E-state index contributed by atoms with van der Waals surface area (Å²) in [5.74, 6) is 5.33.